The second kappa shape index (κ2) is 18.9. The maximum atomic E-state index is 10.1. The minimum atomic E-state index is -0.305. The van der Waals surface area contributed by atoms with Gasteiger partial charge in [0.05, 0.1) is 18.3 Å². The molecule has 0 saturated heterocycles. The highest BCUT2D eigenvalue weighted by atomic mass is 16.5. The van der Waals surface area contributed by atoms with Crippen molar-refractivity contribution in [1.82, 2.24) is 0 Å². The van der Waals surface area contributed by atoms with Gasteiger partial charge in [0.2, 0.25) is 0 Å². The smallest absolute Gasteiger partial charge is 0.0833 e. The summed E-state index contributed by atoms with van der Waals surface area (Å²) >= 11 is 0. The molecule has 0 heterocycles. The van der Waals surface area contributed by atoms with Gasteiger partial charge in [-0.2, -0.15) is 0 Å². The molecule has 168 valence electrons. The molecule has 3 unspecified atom stereocenters. The van der Waals surface area contributed by atoms with Crippen LogP contribution in [0.4, 0.5) is 0 Å². The van der Waals surface area contributed by atoms with E-state index in [2.05, 4.69) is 6.92 Å². The lowest BCUT2D eigenvalue weighted by Gasteiger charge is -2.21. The molecule has 1 aliphatic rings. The van der Waals surface area contributed by atoms with E-state index in [1.807, 2.05) is 0 Å². The first-order valence-electron chi connectivity index (χ1n) is 12.7. The van der Waals surface area contributed by atoms with Gasteiger partial charge >= 0.3 is 0 Å². The van der Waals surface area contributed by atoms with E-state index in [4.69, 9.17) is 4.74 Å². The van der Waals surface area contributed by atoms with Crippen molar-refractivity contribution in [2.75, 3.05) is 6.61 Å². The van der Waals surface area contributed by atoms with Crippen LogP contribution in [0.3, 0.4) is 0 Å². The van der Waals surface area contributed by atoms with E-state index in [1.54, 1.807) is 0 Å². The second-order valence-corrected chi connectivity index (χ2v) is 9.09. The lowest BCUT2D eigenvalue weighted by molar-refractivity contribution is -0.0490. The molecule has 3 heteroatoms. The van der Waals surface area contributed by atoms with Crippen molar-refractivity contribution in [3.8, 4) is 0 Å². The third-order valence-electron chi connectivity index (χ3n) is 6.34. The summed E-state index contributed by atoms with van der Waals surface area (Å²) in [6.45, 7) is 2.86. The quantitative estimate of drug-likeness (QED) is 0.194. The number of ether oxygens (including phenoxy) is 1. The lowest BCUT2D eigenvalue weighted by atomic mass is 10.0. The van der Waals surface area contributed by atoms with Crippen LogP contribution in [-0.2, 0) is 4.74 Å². The monoisotopic (exact) mass is 398 g/mol. The van der Waals surface area contributed by atoms with Crippen molar-refractivity contribution < 1.29 is 14.9 Å². The third kappa shape index (κ3) is 14.8. The van der Waals surface area contributed by atoms with Crippen molar-refractivity contribution >= 4 is 0 Å². The minimum absolute atomic E-state index is 0.00830. The number of aliphatic hydroxyl groups is 2. The Hall–Kier alpha value is -0.120. The molecule has 0 spiro atoms. The van der Waals surface area contributed by atoms with Crippen molar-refractivity contribution in [1.29, 1.82) is 0 Å². The molecule has 1 rings (SSSR count). The average Bonchev–Trinajstić information content (AvgIpc) is 2.90. The third-order valence-corrected chi connectivity index (χ3v) is 6.34. The van der Waals surface area contributed by atoms with E-state index >= 15 is 0 Å². The summed E-state index contributed by atoms with van der Waals surface area (Å²) in [7, 11) is 0. The Labute approximate surface area is 175 Å². The average molecular weight is 399 g/mol. The van der Waals surface area contributed by atoms with Gasteiger partial charge in [-0.1, -0.05) is 110 Å². The molecule has 1 fully saturated rings. The van der Waals surface area contributed by atoms with Crippen molar-refractivity contribution in [2.45, 2.75) is 154 Å². The highest BCUT2D eigenvalue weighted by molar-refractivity contribution is 4.73. The Morgan fingerprint density at radius 1 is 0.714 bits per heavy atom. The van der Waals surface area contributed by atoms with Crippen LogP contribution < -0.4 is 0 Å². The molecule has 0 aromatic rings. The summed E-state index contributed by atoms with van der Waals surface area (Å²) < 4.78 is 5.85. The van der Waals surface area contributed by atoms with Gasteiger partial charge < -0.3 is 14.9 Å². The maximum Gasteiger partial charge on any atom is 0.0833 e. The maximum absolute atomic E-state index is 10.1. The van der Waals surface area contributed by atoms with Crippen molar-refractivity contribution in [3.05, 3.63) is 0 Å². The summed E-state index contributed by atoms with van der Waals surface area (Å²) in [5.41, 5.74) is 0. The molecule has 1 saturated carbocycles. The molecule has 3 atom stereocenters. The Balaban J connectivity index is 1.82. The molecule has 0 bridgehead atoms. The highest BCUT2D eigenvalue weighted by Gasteiger charge is 2.22. The van der Waals surface area contributed by atoms with Crippen molar-refractivity contribution in [3.63, 3.8) is 0 Å². The van der Waals surface area contributed by atoms with E-state index < -0.39 is 0 Å². The van der Waals surface area contributed by atoms with Crippen LogP contribution in [0.1, 0.15) is 135 Å². The molecular weight excluding hydrogens is 348 g/mol. The van der Waals surface area contributed by atoms with Crippen LogP contribution in [0.15, 0.2) is 0 Å². The molecule has 28 heavy (non-hydrogen) atoms. The van der Waals surface area contributed by atoms with E-state index in [0.717, 1.165) is 38.5 Å². The Kier molecular flexibility index (Phi) is 17.5. The van der Waals surface area contributed by atoms with Crippen LogP contribution >= 0.6 is 0 Å². The number of unbranched alkanes of at least 4 members (excludes halogenated alkanes) is 12. The van der Waals surface area contributed by atoms with Crippen LogP contribution in [0.25, 0.3) is 0 Å². The van der Waals surface area contributed by atoms with E-state index in [-0.39, 0.29) is 18.3 Å². The first-order valence-corrected chi connectivity index (χ1v) is 12.7. The lowest BCUT2D eigenvalue weighted by Crippen LogP contribution is -2.28. The Morgan fingerprint density at radius 2 is 1.25 bits per heavy atom. The molecule has 0 aromatic heterocycles. The van der Waals surface area contributed by atoms with E-state index in [9.17, 15) is 10.2 Å². The largest absolute Gasteiger partial charge is 0.393 e. The van der Waals surface area contributed by atoms with Crippen LogP contribution in [-0.4, -0.2) is 35.1 Å². The Morgan fingerprint density at radius 3 is 1.86 bits per heavy atom. The van der Waals surface area contributed by atoms with Gasteiger partial charge in [-0.3, -0.25) is 0 Å². The SMILES string of the molecule is CCCCCCCCCCCCCCCC(O)CCOC1CCCCCC1O. The zero-order valence-corrected chi connectivity index (χ0v) is 18.9. The molecule has 3 nitrogen and oxygen atoms in total. The molecule has 0 radical (unpaired) electrons. The highest BCUT2D eigenvalue weighted by Crippen LogP contribution is 2.21. The van der Waals surface area contributed by atoms with Gasteiger partial charge in [0.25, 0.3) is 0 Å². The molecule has 2 N–H and O–H groups in total. The minimum Gasteiger partial charge on any atom is -0.393 e. The second-order valence-electron chi connectivity index (χ2n) is 9.09. The summed E-state index contributed by atoms with van der Waals surface area (Å²) in [5.74, 6) is 0. The molecule has 0 aliphatic heterocycles. The zero-order chi connectivity index (χ0) is 20.3. The molecule has 1 aliphatic carbocycles. The van der Waals surface area contributed by atoms with Gasteiger partial charge in [-0.25, -0.2) is 0 Å². The van der Waals surface area contributed by atoms with Gasteiger partial charge in [0.15, 0.2) is 0 Å². The fourth-order valence-electron chi connectivity index (χ4n) is 4.35. The van der Waals surface area contributed by atoms with Gasteiger partial charge in [-0.05, 0) is 25.7 Å². The number of hydrogen-bond acceptors (Lipinski definition) is 3. The normalized spacial score (nSPS) is 21.5. The van der Waals surface area contributed by atoms with Crippen LogP contribution in [0, 0.1) is 0 Å². The molecule has 0 amide bonds. The fraction of sp³-hybridized carbons (Fsp3) is 1.00. The first kappa shape index (κ1) is 25.9. The zero-order valence-electron chi connectivity index (χ0n) is 18.9. The van der Waals surface area contributed by atoms with Gasteiger partial charge in [0.1, 0.15) is 0 Å². The van der Waals surface area contributed by atoms with E-state index in [0.29, 0.717) is 13.0 Å². The Bertz CT molecular complexity index is 321. The topological polar surface area (TPSA) is 49.7 Å². The summed E-state index contributed by atoms with van der Waals surface area (Å²) in [6, 6.07) is 0. The predicted octanol–water partition coefficient (Wildman–Crippen LogP) is 6.93. The first-order chi connectivity index (χ1) is 13.7. The number of hydrogen-bond donors (Lipinski definition) is 2. The summed E-state index contributed by atoms with van der Waals surface area (Å²) in [6.07, 6.45) is 24.1. The fourth-order valence-corrected chi connectivity index (χ4v) is 4.35. The molecular formula is C25H50O3. The van der Waals surface area contributed by atoms with Crippen molar-refractivity contribution in [2.24, 2.45) is 0 Å². The van der Waals surface area contributed by atoms with Gasteiger partial charge in [-0.15, -0.1) is 0 Å². The standard InChI is InChI=1S/C25H50O3/c1-2-3-4-5-6-7-8-9-10-11-12-13-15-18-23(26)21-22-28-25-20-17-14-16-19-24(25)27/h23-27H,2-22H2,1H3. The predicted molar refractivity (Wildman–Crippen MR) is 120 cm³/mol. The van der Waals surface area contributed by atoms with Crippen LogP contribution in [0.2, 0.25) is 0 Å². The van der Waals surface area contributed by atoms with E-state index in [1.165, 1.54) is 83.5 Å². The summed E-state index contributed by atoms with van der Waals surface area (Å²) in [4.78, 5) is 0. The summed E-state index contributed by atoms with van der Waals surface area (Å²) in [5, 5.41) is 20.2. The number of aliphatic hydroxyl groups excluding tert-OH is 2. The molecule has 0 aromatic carbocycles. The van der Waals surface area contributed by atoms with Gasteiger partial charge in [0, 0.05) is 6.61 Å². The number of rotatable bonds is 18. The van der Waals surface area contributed by atoms with Crippen LogP contribution in [0.5, 0.6) is 0 Å².